The van der Waals surface area contributed by atoms with E-state index in [0.29, 0.717) is 17.8 Å². The summed E-state index contributed by atoms with van der Waals surface area (Å²) in [6.45, 7) is 4.79. The summed E-state index contributed by atoms with van der Waals surface area (Å²) >= 11 is 5.69. The molecule has 166 valence electrons. The van der Waals surface area contributed by atoms with Crippen molar-refractivity contribution in [3.63, 3.8) is 0 Å². The number of H-pyrrole nitrogens is 1. The quantitative estimate of drug-likeness (QED) is 0.374. The molecule has 5 nitrogen and oxygen atoms in total. The zero-order valence-electron chi connectivity index (χ0n) is 18.5. The number of piperidine rings is 1. The van der Waals surface area contributed by atoms with Crippen LogP contribution in [-0.4, -0.2) is 40.7 Å². The van der Waals surface area contributed by atoms with Crippen LogP contribution < -0.4 is 10.4 Å². The fourth-order valence-electron chi connectivity index (χ4n) is 4.89. The number of hydrogen-bond acceptors (Lipinski definition) is 3. The SMILES string of the molecule is CCON(C(=S)Nc1ccccc1)c1ccc2[nH]cc(C3=CCN4CCCCC4C3)c2c1. The molecule has 0 saturated carbocycles. The Labute approximate surface area is 195 Å². The highest BCUT2D eigenvalue weighted by atomic mass is 32.1. The Morgan fingerprint density at radius 1 is 1.22 bits per heavy atom. The molecule has 3 heterocycles. The third-order valence-corrected chi connectivity index (χ3v) is 6.76. The average Bonchev–Trinajstić information content (AvgIpc) is 3.26. The van der Waals surface area contributed by atoms with Crippen molar-refractivity contribution in [1.29, 1.82) is 0 Å². The van der Waals surface area contributed by atoms with E-state index in [-0.39, 0.29) is 0 Å². The maximum Gasteiger partial charge on any atom is 0.202 e. The highest BCUT2D eigenvalue weighted by Crippen LogP contribution is 2.36. The molecular formula is C26H30N4OS. The third kappa shape index (κ3) is 4.31. The Kier molecular flexibility index (Phi) is 6.26. The van der Waals surface area contributed by atoms with Crippen LogP contribution in [0, 0.1) is 0 Å². The number of nitrogens with zero attached hydrogens (tertiary/aromatic N) is 2. The summed E-state index contributed by atoms with van der Waals surface area (Å²) in [6, 6.07) is 17.0. The van der Waals surface area contributed by atoms with Crippen molar-refractivity contribution in [3.05, 3.63) is 66.4 Å². The van der Waals surface area contributed by atoms with Crippen LogP contribution in [0.4, 0.5) is 11.4 Å². The number of nitrogens with one attached hydrogen (secondary N) is 2. The second kappa shape index (κ2) is 9.45. The molecule has 2 aromatic carbocycles. The Morgan fingerprint density at radius 3 is 2.94 bits per heavy atom. The molecule has 2 aliphatic heterocycles. The topological polar surface area (TPSA) is 43.5 Å². The second-order valence-corrected chi connectivity index (χ2v) is 8.91. The van der Waals surface area contributed by atoms with Gasteiger partial charge in [0.25, 0.3) is 0 Å². The van der Waals surface area contributed by atoms with Crippen LogP contribution in [0.1, 0.15) is 38.2 Å². The first-order chi connectivity index (χ1) is 15.7. The molecule has 1 atom stereocenters. The van der Waals surface area contributed by atoms with Gasteiger partial charge in [-0.15, -0.1) is 0 Å². The molecule has 0 bridgehead atoms. The lowest BCUT2D eigenvalue weighted by Crippen LogP contribution is -2.41. The van der Waals surface area contributed by atoms with Crippen molar-refractivity contribution < 1.29 is 4.84 Å². The maximum atomic E-state index is 5.94. The minimum absolute atomic E-state index is 0.518. The van der Waals surface area contributed by atoms with E-state index in [9.17, 15) is 0 Å². The van der Waals surface area contributed by atoms with E-state index < -0.39 is 0 Å². The summed E-state index contributed by atoms with van der Waals surface area (Å²) in [7, 11) is 0. The molecule has 5 rings (SSSR count). The number of fused-ring (bicyclic) bond motifs is 2. The van der Waals surface area contributed by atoms with E-state index in [4.69, 9.17) is 17.1 Å². The number of aromatic amines is 1. The van der Waals surface area contributed by atoms with Gasteiger partial charge in [0.15, 0.2) is 0 Å². The van der Waals surface area contributed by atoms with Gasteiger partial charge >= 0.3 is 0 Å². The number of aromatic nitrogens is 1. The van der Waals surface area contributed by atoms with Gasteiger partial charge in [-0.2, -0.15) is 5.06 Å². The molecule has 1 aromatic heterocycles. The standard InChI is InChI=1S/C26H30N4OS/c1-2-31-30(26(32)28-20-8-4-3-5-9-20)22-11-12-25-23(17-22)24(18-27-25)19-13-15-29-14-7-6-10-21(29)16-19/h3-5,8-9,11-13,17-18,21,27H,2,6-7,10,14-16H2,1H3,(H,28,32). The molecule has 2 aliphatic rings. The van der Waals surface area contributed by atoms with Gasteiger partial charge in [-0.25, -0.2) is 0 Å². The number of benzene rings is 2. The Hall–Kier alpha value is -2.67. The Bertz CT molecular complexity index is 1120. The first-order valence-corrected chi connectivity index (χ1v) is 12.0. The van der Waals surface area contributed by atoms with E-state index >= 15 is 0 Å². The van der Waals surface area contributed by atoms with Crippen LogP contribution in [0.5, 0.6) is 0 Å². The van der Waals surface area contributed by atoms with Crippen LogP contribution in [-0.2, 0) is 4.84 Å². The second-order valence-electron chi connectivity index (χ2n) is 8.52. The highest BCUT2D eigenvalue weighted by molar-refractivity contribution is 7.80. The molecule has 2 N–H and O–H groups in total. The first kappa shape index (κ1) is 21.2. The summed E-state index contributed by atoms with van der Waals surface area (Å²) in [5.74, 6) is 0. The monoisotopic (exact) mass is 446 g/mol. The van der Waals surface area contributed by atoms with Gasteiger partial charge in [0, 0.05) is 40.9 Å². The molecule has 1 fully saturated rings. The van der Waals surface area contributed by atoms with Crippen LogP contribution in [0.2, 0.25) is 0 Å². The molecule has 1 unspecified atom stereocenters. The lowest BCUT2D eigenvalue weighted by atomic mass is 9.89. The van der Waals surface area contributed by atoms with E-state index in [1.54, 1.807) is 5.06 Å². The number of para-hydroxylation sites is 1. The Balaban J connectivity index is 1.44. The summed E-state index contributed by atoms with van der Waals surface area (Å²) < 4.78 is 0. The van der Waals surface area contributed by atoms with Gasteiger partial charge in [-0.05, 0) is 80.9 Å². The molecule has 1 saturated heterocycles. The van der Waals surface area contributed by atoms with Crippen molar-refractivity contribution in [1.82, 2.24) is 9.88 Å². The van der Waals surface area contributed by atoms with Crippen LogP contribution >= 0.6 is 12.2 Å². The van der Waals surface area contributed by atoms with Gasteiger partial charge in [-0.3, -0.25) is 9.74 Å². The van der Waals surface area contributed by atoms with Crippen molar-refractivity contribution in [2.24, 2.45) is 0 Å². The van der Waals surface area contributed by atoms with E-state index in [2.05, 4.69) is 45.7 Å². The van der Waals surface area contributed by atoms with E-state index in [1.807, 2.05) is 37.3 Å². The van der Waals surface area contributed by atoms with Crippen LogP contribution in [0.25, 0.3) is 16.5 Å². The number of hydrogen-bond donors (Lipinski definition) is 2. The summed E-state index contributed by atoms with van der Waals surface area (Å²) in [4.78, 5) is 12.0. The van der Waals surface area contributed by atoms with Crippen molar-refractivity contribution in [2.75, 3.05) is 30.1 Å². The van der Waals surface area contributed by atoms with Gasteiger partial charge in [0.1, 0.15) is 0 Å². The van der Waals surface area contributed by atoms with Crippen LogP contribution in [0.15, 0.2) is 60.8 Å². The van der Waals surface area contributed by atoms with Crippen molar-refractivity contribution in [2.45, 2.75) is 38.6 Å². The number of hydroxylamine groups is 1. The zero-order valence-corrected chi connectivity index (χ0v) is 19.3. The molecule has 3 aromatic rings. The van der Waals surface area contributed by atoms with Gasteiger partial charge in [0.05, 0.1) is 12.3 Å². The smallest absolute Gasteiger partial charge is 0.202 e. The maximum absolute atomic E-state index is 5.94. The predicted octanol–water partition coefficient (Wildman–Crippen LogP) is 5.96. The van der Waals surface area contributed by atoms with Gasteiger partial charge in [0.2, 0.25) is 5.11 Å². The molecular weight excluding hydrogens is 416 g/mol. The lowest BCUT2D eigenvalue weighted by molar-refractivity contribution is 0.158. The normalized spacial score (nSPS) is 18.8. The lowest BCUT2D eigenvalue weighted by Gasteiger charge is -2.38. The molecule has 6 heteroatoms. The first-order valence-electron chi connectivity index (χ1n) is 11.6. The number of rotatable bonds is 5. The van der Waals surface area contributed by atoms with Crippen molar-refractivity contribution >= 4 is 45.2 Å². The predicted molar refractivity (Wildman–Crippen MR) is 137 cm³/mol. The molecule has 0 spiro atoms. The van der Waals surface area contributed by atoms with Gasteiger partial charge < -0.3 is 10.3 Å². The average molecular weight is 447 g/mol. The molecule has 0 radical (unpaired) electrons. The van der Waals surface area contributed by atoms with Crippen LogP contribution in [0.3, 0.4) is 0 Å². The summed E-state index contributed by atoms with van der Waals surface area (Å²) in [5, 5.41) is 6.73. The fraction of sp³-hybridized carbons (Fsp3) is 0.346. The largest absolute Gasteiger partial charge is 0.361 e. The van der Waals surface area contributed by atoms with Crippen molar-refractivity contribution in [3.8, 4) is 0 Å². The molecule has 0 aliphatic carbocycles. The fourth-order valence-corrected chi connectivity index (χ4v) is 5.17. The third-order valence-electron chi connectivity index (χ3n) is 6.49. The minimum Gasteiger partial charge on any atom is -0.361 e. The van der Waals surface area contributed by atoms with E-state index in [0.717, 1.165) is 29.9 Å². The molecule has 0 amide bonds. The Morgan fingerprint density at radius 2 is 2.09 bits per heavy atom. The number of anilines is 2. The zero-order chi connectivity index (χ0) is 21.9. The number of thiocarbonyl (C=S) groups is 1. The molecule has 32 heavy (non-hydrogen) atoms. The summed E-state index contributed by atoms with van der Waals surface area (Å²) in [5.41, 5.74) is 5.74. The van der Waals surface area contributed by atoms with E-state index in [1.165, 1.54) is 42.3 Å². The minimum atomic E-state index is 0.518. The summed E-state index contributed by atoms with van der Waals surface area (Å²) in [6.07, 6.45) is 9.69. The highest BCUT2D eigenvalue weighted by Gasteiger charge is 2.27. The van der Waals surface area contributed by atoms with Gasteiger partial charge in [-0.1, -0.05) is 30.7 Å².